The molecule has 1 aromatic heterocycles. The Balaban J connectivity index is 1.51. The average Bonchev–Trinajstić information content (AvgIpc) is 2.66. The summed E-state index contributed by atoms with van der Waals surface area (Å²) in [6.07, 6.45) is 3.99. The van der Waals surface area contributed by atoms with E-state index in [1.807, 2.05) is 24.3 Å². The molecule has 0 aliphatic heterocycles. The molecule has 25 heavy (non-hydrogen) atoms. The fourth-order valence-corrected chi connectivity index (χ4v) is 4.90. The van der Waals surface area contributed by atoms with E-state index in [0.29, 0.717) is 17.1 Å². The number of thioether (sulfide) groups is 2. The topological polar surface area (TPSA) is 56.9 Å². The summed E-state index contributed by atoms with van der Waals surface area (Å²) in [4.78, 5) is 4.71. The van der Waals surface area contributed by atoms with Gasteiger partial charge in [0.25, 0.3) is 0 Å². The molecule has 1 aliphatic carbocycles. The largest absolute Gasteiger partial charge is 0.391 e. The molecule has 3 nitrogen and oxygen atoms in total. The maximum atomic E-state index is 10.2. The van der Waals surface area contributed by atoms with Crippen LogP contribution in [0.25, 0.3) is 0 Å². The van der Waals surface area contributed by atoms with Crippen molar-refractivity contribution in [2.75, 3.05) is 11.5 Å². The number of aliphatic hydroxyl groups is 1. The lowest BCUT2D eigenvalue weighted by atomic mass is 9.95. The van der Waals surface area contributed by atoms with Gasteiger partial charge in [-0.15, -0.1) is 11.8 Å². The molecule has 1 N–H and O–H groups in total. The molecule has 0 unspecified atom stereocenters. The predicted molar refractivity (Wildman–Crippen MR) is 105 cm³/mol. The third-order valence-corrected chi connectivity index (χ3v) is 6.51. The predicted octanol–water partition coefficient (Wildman–Crippen LogP) is 4.22. The van der Waals surface area contributed by atoms with Crippen LogP contribution in [0, 0.1) is 11.3 Å². The van der Waals surface area contributed by atoms with Gasteiger partial charge in [-0.25, -0.2) is 4.98 Å². The van der Waals surface area contributed by atoms with Gasteiger partial charge < -0.3 is 5.11 Å². The Morgan fingerprint density at radius 2 is 1.96 bits per heavy atom. The zero-order chi connectivity index (χ0) is 17.5. The van der Waals surface area contributed by atoms with Crippen molar-refractivity contribution in [3.8, 4) is 6.07 Å². The standard InChI is InChI=1S/C20H22N2OS2/c21-11-17-10-16-8-4-5-9-19(16)22-20(17)25-14-18(23)13-24-12-15-6-2-1-3-7-15/h1-3,6-7,10,18,23H,4-5,8-9,12-14H2/t18-/m1/s1. The van der Waals surface area contributed by atoms with Crippen LogP contribution < -0.4 is 0 Å². The Hall–Kier alpha value is -1.48. The van der Waals surface area contributed by atoms with E-state index in [2.05, 4.69) is 18.2 Å². The van der Waals surface area contributed by atoms with E-state index in [1.165, 1.54) is 35.7 Å². The van der Waals surface area contributed by atoms with E-state index in [9.17, 15) is 10.4 Å². The quantitative estimate of drug-likeness (QED) is 0.740. The zero-order valence-corrected chi connectivity index (χ0v) is 15.8. The summed E-state index contributed by atoms with van der Waals surface area (Å²) in [5, 5.41) is 20.4. The van der Waals surface area contributed by atoms with Gasteiger partial charge in [0.2, 0.25) is 0 Å². The molecule has 5 heteroatoms. The van der Waals surface area contributed by atoms with E-state index in [0.717, 1.165) is 29.3 Å². The van der Waals surface area contributed by atoms with Crippen LogP contribution in [-0.2, 0) is 18.6 Å². The van der Waals surface area contributed by atoms with Crippen molar-refractivity contribution in [3.05, 3.63) is 58.8 Å². The van der Waals surface area contributed by atoms with Crippen molar-refractivity contribution in [1.82, 2.24) is 4.98 Å². The van der Waals surface area contributed by atoms with Gasteiger partial charge in [-0.05, 0) is 42.9 Å². The van der Waals surface area contributed by atoms with Crippen molar-refractivity contribution < 1.29 is 5.11 Å². The van der Waals surface area contributed by atoms with Crippen LogP contribution in [-0.4, -0.2) is 27.7 Å². The summed E-state index contributed by atoms with van der Waals surface area (Å²) in [6, 6.07) is 14.5. The third kappa shape index (κ3) is 5.24. The highest BCUT2D eigenvalue weighted by atomic mass is 32.2. The van der Waals surface area contributed by atoms with Gasteiger partial charge in [-0.3, -0.25) is 0 Å². The molecule has 1 atom stereocenters. The first-order valence-corrected chi connectivity index (χ1v) is 10.8. The molecule has 1 heterocycles. The van der Waals surface area contributed by atoms with Gasteiger partial charge in [-0.2, -0.15) is 17.0 Å². The van der Waals surface area contributed by atoms with Crippen molar-refractivity contribution >= 4 is 23.5 Å². The number of aliphatic hydroxyl groups excluding tert-OH is 1. The molecule has 3 rings (SSSR count). The third-order valence-electron chi connectivity index (χ3n) is 4.22. The fourth-order valence-electron chi connectivity index (χ4n) is 2.92. The Labute approximate surface area is 157 Å². The number of nitriles is 1. The maximum absolute atomic E-state index is 10.2. The molecule has 2 aromatic rings. The van der Waals surface area contributed by atoms with Crippen LogP contribution in [0.4, 0.5) is 0 Å². The molecule has 0 saturated heterocycles. The van der Waals surface area contributed by atoms with Crippen molar-refractivity contribution in [1.29, 1.82) is 5.26 Å². The van der Waals surface area contributed by atoms with E-state index < -0.39 is 6.10 Å². The highest BCUT2D eigenvalue weighted by Gasteiger charge is 2.16. The Bertz CT molecular complexity index is 743. The molecular weight excluding hydrogens is 348 g/mol. The first-order valence-electron chi connectivity index (χ1n) is 8.61. The van der Waals surface area contributed by atoms with Gasteiger partial charge in [0.1, 0.15) is 11.1 Å². The van der Waals surface area contributed by atoms with E-state index >= 15 is 0 Å². The SMILES string of the molecule is N#Cc1cc2c(nc1SC[C@H](O)CSCc1ccccc1)CCCC2. The minimum Gasteiger partial charge on any atom is -0.391 e. The van der Waals surface area contributed by atoms with Gasteiger partial charge in [-0.1, -0.05) is 30.3 Å². The number of aryl methyl sites for hydroxylation is 2. The molecule has 1 aromatic carbocycles. The lowest BCUT2D eigenvalue weighted by Gasteiger charge is -2.17. The number of pyridine rings is 1. The number of nitrogens with zero attached hydrogens (tertiary/aromatic N) is 2. The summed E-state index contributed by atoms with van der Waals surface area (Å²) < 4.78 is 0. The van der Waals surface area contributed by atoms with Crippen LogP contribution in [0.15, 0.2) is 41.4 Å². The Morgan fingerprint density at radius 1 is 1.16 bits per heavy atom. The van der Waals surface area contributed by atoms with E-state index in [1.54, 1.807) is 11.8 Å². The molecule has 0 radical (unpaired) electrons. The molecular formula is C20H22N2OS2. The highest BCUT2D eigenvalue weighted by molar-refractivity contribution is 7.99. The van der Waals surface area contributed by atoms with Crippen molar-refractivity contribution in [2.45, 2.75) is 42.6 Å². The van der Waals surface area contributed by atoms with Gasteiger partial charge in [0.15, 0.2) is 0 Å². The molecule has 130 valence electrons. The molecule has 0 spiro atoms. The molecule has 0 amide bonds. The second-order valence-corrected chi connectivity index (χ2v) is 8.27. The summed E-state index contributed by atoms with van der Waals surface area (Å²) in [5.41, 5.74) is 4.29. The zero-order valence-electron chi connectivity index (χ0n) is 14.1. The minimum absolute atomic E-state index is 0.400. The molecule has 0 bridgehead atoms. The van der Waals surface area contributed by atoms with Crippen LogP contribution in [0.5, 0.6) is 0 Å². The second kappa shape index (κ2) is 9.28. The van der Waals surface area contributed by atoms with Gasteiger partial charge in [0, 0.05) is 23.0 Å². The van der Waals surface area contributed by atoms with Crippen LogP contribution in [0.3, 0.4) is 0 Å². The number of benzene rings is 1. The number of hydrogen-bond donors (Lipinski definition) is 1. The molecule has 1 aliphatic rings. The Kier molecular flexibility index (Phi) is 6.80. The van der Waals surface area contributed by atoms with Crippen LogP contribution >= 0.6 is 23.5 Å². The number of rotatable bonds is 7. The molecule has 0 fully saturated rings. The Morgan fingerprint density at radius 3 is 2.76 bits per heavy atom. The fraction of sp³-hybridized carbons (Fsp3) is 0.400. The average molecular weight is 371 g/mol. The summed E-state index contributed by atoms with van der Waals surface area (Å²) in [7, 11) is 0. The van der Waals surface area contributed by atoms with Crippen LogP contribution in [0.1, 0.15) is 35.2 Å². The van der Waals surface area contributed by atoms with Crippen molar-refractivity contribution in [2.24, 2.45) is 0 Å². The van der Waals surface area contributed by atoms with Gasteiger partial charge >= 0.3 is 0 Å². The number of aromatic nitrogens is 1. The minimum atomic E-state index is -0.400. The normalized spacial score (nSPS) is 14.6. The number of fused-ring (bicyclic) bond motifs is 1. The lowest BCUT2D eigenvalue weighted by molar-refractivity contribution is 0.225. The summed E-state index contributed by atoms with van der Waals surface area (Å²) in [6.45, 7) is 0. The first-order chi connectivity index (χ1) is 12.3. The second-order valence-electron chi connectivity index (χ2n) is 6.23. The van der Waals surface area contributed by atoms with E-state index in [-0.39, 0.29) is 0 Å². The van der Waals surface area contributed by atoms with Crippen molar-refractivity contribution in [3.63, 3.8) is 0 Å². The first kappa shape index (κ1) is 18.3. The number of hydrogen-bond acceptors (Lipinski definition) is 5. The highest BCUT2D eigenvalue weighted by Crippen LogP contribution is 2.28. The molecule has 0 saturated carbocycles. The summed E-state index contributed by atoms with van der Waals surface area (Å²) in [5.74, 6) is 2.17. The maximum Gasteiger partial charge on any atom is 0.114 e. The lowest BCUT2D eigenvalue weighted by Crippen LogP contribution is -2.14. The van der Waals surface area contributed by atoms with E-state index in [4.69, 9.17) is 4.98 Å². The smallest absolute Gasteiger partial charge is 0.114 e. The monoisotopic (exact) mass is 370 g/mol. The van der Waals surface area contributed by atoms with Gasteiger partial charge in [0.05, 0.1) is 11.7 Å². The van der Waals surface area contributed by atoms with Crippen LogP contribution in [0.2, 0.25) is 0 Å². The summed E-state index contributed by atoms with van der Waals surface area (Å²) >= 11 is 3.24.